The molecule has 0 saturated carbocycles. The Balaban J connectivity index is 1.98. The van der Waals surface area contributed by atoms with Crippen molar-refractivity contribution in [3.05, 3.63) is 0 Å². The maximum Gasteiger partial charge on any atom is 0.335 e. The lowest BCUT2D eigenvalue weighted by atomic mass is 10.2. The van der Waals surface area contributed by atoms with Gasteiger partial charge in [-0.05, 0) is 20.8 Å². The van der Waals surface area contributed by atoms with Gasteiger partial charge in [-0.15, -0.1) is 5.06 Å². The molecule has 0 bridgehead atoms. The number of hydroxylamine groups is 2. The molecule has 1 rings (SSSR count). The van der Waals surface area contributed by atoms with Crippen molar-refractivity contribution in [2.45, 2.75) is 52.1 Å². The van der Waals surface area contributed by atoms with Gasteiger partial charge >= 0.3 is 11.9 Å². The second-order valence-electron chi connectivity index (χ2n) is 6.36. The Kier molecular flexibility index (Phi) is 8.50. The fourth-order valence-corrected chi connectivity index (χ4v) is 1.83. The van der Waals surface area contributed by atoms with Crippen LogP contribution < -0.4 is 0 Å². The molecule has 2 amide bonds. The molecule has 0 aliphatic carbocycles. The van der Waals surface area contributed by atoms with Crippen molar-refractivity contribution in [1.82, 2.24) is 5.06 Å². The summed E-state index contributed by atoms with van der Waals surface area (Å²) >= 11 is 0. The average molecular weight is 359 g/mol. The zero-order chi connectivity index (χ0) is 18.9. The quantitative estimate of drug-likeness (QED) is 0.319. The van der Waals surface area contributed by atoms with E-state index in [-0.39, 0.29) is 58.1 Å². The first-order chi connectivity index (χ1) is 11.7. The van der Waals surface area contributed by atoms with Gasteiger partial charge in [0.1, 0.15) is 5.60 Å². The van der Waals surface area contributed by atoms with Crippen molar-refractivity contribution < 1.29 is 38.2 Å². The Labute approximate surface area is 146 Å². The molecular formula is C16H25NO8. The van der Waals surface area contributed by atoms with Crippen molar-refractivity contribution in [2.75, 3.05) is 26.4 Å². The molecule has 0 unspecified atom stereocenters. The molecule has 9 heteroatoms. The molecule has 0 N–H and O–H groups in total. The van der Waals surface area contributed by atoms with Crippen LogP contribution in [0, 0.1) is 0 Å². The molecule has 1 aliphatic rings. The number of carbonyl (C=O) groups is 4. The molecular weight excluding hydrogens is 334 g/mol. The van der Waals surface area contributed by atoms with Crippen molar-refractivity contribution in [3.63, 3.8) is 0 Å². The fraction of sp³-hybridized carbons (Fsp3) is 0.750. The number of ether oxygens (including phenoxy) is 3. The molecule has 142 valence electrons. The van der Waals surface area contributed by atoms with Gasteiger partial charge in [0.25, 0.3) is 11.8 Å². The van der Waals surface area contributed by atoms with Gasteiger partial charge in [0.05, 0.1) is 39.3 Å². The summed E-state index contributed by atoms with van der Waals surface area (Å²) in [7, 11) is 0. The summed E-state index contributed by atoms with van der Waals surface area (Å²) in [6.45, 7) is 6.18. The summed E-state index contributed by atoms with van der Waals surface area (Å²) in [6.07, 6.45) is 0.183. The van der Waals surface area contributed by atoms with E-state index in [1.54, 1.807) is 20.8 Å². The first-order valence-electron chi connectivity index (χ1n) is 8.13. The number of hydrogen-bond donors (Lipinski definition) is 0. The van der Waals surface area contributed by atoms with E-state index >= 15 is 0 Å². The number of rotatable bonds is 10. The summed E-state index contributed by atoms with van der Waals surface area (Å²) in [5.74, 6) is -2.08. The van der Waals surface area contributed by atoms with Crippen molar-refractivity contribution in [3.8, 4) is 0 Å². The highest BCUT2D eigenvalue weighted by Crippen LogP contribution is 2.12. The molecule has 1 saturated heterocycles. The molecule has 0 aromatic rings. The van der Waals surface area contributed by atoms with E-state index in [1.165, 1.54) is 0 Å². The average Bonchev–Trinajstić information content (AvgIpc) is 2.80. The topological polar surface area (TPSA) is 108 Å². The largest absolute Gasteiger partial charge is 0.460 e. The van der Waals surface area contributed by atoms with E-state index in [1.807, 2.05) is 0 Å². The summed E-state index contributed by atoms with van der Waals surface area (Å²) in [4.78, 5) is 50.1. The standard InChI is InChI=1S/C16H25NO8/c1-16(2,3)24-14(20)6-8-22-10-11-23-9-7-15(21)25-17-12(18)4-5-13(17)19/h4-11H2,1-3H3. The predicted octanol–water partition coefficient (Wildman–Crippen LogP) is 0.749. The third-order valence-corrected chi connectivity index (χ3v) is 2.89. The van der Waals surface area contributed by atoms with Crippen LogP contribution in [-0.4, -0.2) is 60.8 Å². The van der Waals surface area contributed by atoms with Gasteiger partial charge in [0, 0.05) is 12.8 Å². The molecule has 0 aromatic carbocycles. The molecule has 0 aromatic heterocycles. The van der Waals surface area contributed by atoms with Gasteiger partial charge in [0.2, 0.25) is 0 Å². The van der Waals surface area contributed by atoms with Gasteiger partial charge in [-0.25, -0.2) is 4.79 Å². The van der Waals surface area contributed by atoms with E-state index in [0.717, 1.165) is 0 Å². The zero-order valence-corrected chi connectivity index (χ0v) is 14.9. The number of esters is 1. The Morgan fingerprint density at radius 3 is 1.84 bits per heavy atom. The van der Waals surface area contributed by atoms with Crippen molar-refractivity contribution in [1.29, 1.82) is 0 Å². The first-order valence-corrected chi connectivity index (χ1v) is 8.13. The predicted molar refractivity (Wildman–Crippen MR) is 83.9 cm³/mol. The lowest BCUT2D eigenvalue weighted by Crippen LogP contribution is -2.32. The molecule has 1 fully saturated rings. The normalized spacial score (nSPS) is 14.8. The summed E-state index contributed by atoms with van der Waals surface area (Å²) < 4.78 is 15.5. The number of carbonyl (C=O) groups excluding carboxylic acids is 4. The van der Waals surface area contributed by atoms with Gasteiger partial charge in [-0.3, -0.25) is 14.4 Å². The van der Waals surface area contributed by atoms with Gasteiger partial charge in [-0.2, -0.15) is 0 Å². The van der Waals surface area contributed by atoms with Gasteiger partial charge in [-0.1, -0.05) is 0 Å². The molecule has 25 heavy (non-hydrogen) atoms. The van der Waals surface area contributed by atoms with E-state index in [0.29, 0.717) is 5.06 Å². The minimum Gasteiger partial charge on any atom is -0.460 e. The highest BCUT2D eigenvalue weighted by atomic mass is 16.7. The maximum absolute atomic E-state index is 11.5. The van der Waals surface area contributed by atoms with Gasteiger partial charge in [0.15, 0.2) is 0 Å². The Hall–Kier alpha value is -2.00. The summed E-state index contributed by atoms with van der Waals surface area (Å²) in [5.41, 5.74) is -0.515. The number of amides is 2. The Morgan fingerprint density at radius 1 is 0.880 bits per heavy atom. The lowest BCUT2D eigenvalue weighted by Gasteiger charge is -2.19. The van der Waals surface area contributed by atoms with E-state index in [2.05, 4.69) is 4.84 Å². The van der Waals surface area contributed by atoms with E-state index < -0.39 is 23.4 Å². The monoisotopic (exact) mass is 359 g/mol. The minimum absolute atomic E-state index is 0.0588. The van der Waals surface area contributed by atoms with Crippen LogP contribution in [0.2, 0.25) is 0 Å². The Morgan fingerprint density at radius 2 is 1.36 bits per heavy atom. The molecule has 1 aliphatic heterocycles. The summed E-state index contributed by atoms with van der Waals surface area (Å²) in [6, 6.07) is 0. The smallest absolute Gasteiger partial charge is 0.335 e. The van der Waals surface area contributed by atoms with Crippen LogP contribution in [0.25, 0.3) is 0 Å². The van der Waals surface area contributed by atoms with E-state index in [4.69, 9.17) is 14.2 Å². The third kappa shape index (κ3) is 9.16. The van der Waals surface area contributed by atoms with Gasteiger partial charge < -0.3 is 19.0 Å². The fourth-order valence-electron chi connectivity index (χ4n) is 1.83. The zero-order valence-electron chi connectivity index (χ0n) is 14.9. The van der Waals surface area contributed by atoms with E-state index in [9.17, 15) is 19.2 Å². The molecule has 0 radical (unpaired) electrons. The van der Waals surface area contributed by atoms with Crippen molar-refractivity contribution in [2.24, 2.45) is 0 Å². The Bertz CT molecular complexity index is 481. The highest BCUT2D eigenvalue weighted by Gasteiger charge is 2.32. The molecule has 0 atom stereocenters. The van der Waals surface area contributed by atoms with Crippen LogP contribution in [0.3, 0.4) is 0 Å². The molecule has 0 spiro atoms. The molecule has 1 heterocycles. The molecule has 9 nitrogen and oxygen atoms in total. The highest BCUT2D eigenvalue weighted by molar-refractivity contribution is 6.01. The first kappa shape index (κ1) is 21.0. The van der Waals surface area contributed by atoms with Crippen LogP contribution in [0.4, 0.5) is 0 Å². The SMILES string of the molecule is CC(C)(C)OC(=O)CCOCCOCCC(=O)ON1C(=O)CCC1=O. The lowest BCUT2D eigenvalue weighted by molar-refractivity contribution is -0.198. The van der Waals surface area contributed by atoms with Crippen LogP contribution in [0.5, 0.6) is 0 Å². The van der Waals surface area contributed by atoms with Crippen LogP contribution in [0.1, 0.15) is 46.5 Å². The second-order valence-corrected chi connectivity index (χ2v) is 6.36. The van der Waals surface area contributed by atoms with Crippen LogP contribution in [-0.2, 0) is 38.2 Å². The van der Waals surface area contributed by atoms with Crippen LogP contribution >= 0.6 is 0 Å². The van der Waals surface area contributed by atoms with Crippen LogP contribution in [0.15, 0.2) is 0 Å². The maximum atomic E-state index is 11.5. The third-order valence-electron chi connectivity index (χ3n) is 2.89. The van der Waals surface area contributed by atoms with Crippen molar-refractivity contribution >= 4 is 23.8 Å². The number of hydrogen-bond acceptors (Lipinski definition) is 8. The second kappa shape index (κ2) is 10.1. The number of imide groups is 1. The minimum atomic E-state index is -0.713. The number of nitrogens with zero attached hydrogens (tertiary/aromatic N) is 1. The summed E-state index contributed by atoms with van der Waals surface area (Å²) in [5, 5.41) is 0.502.